The first-order valence-corrected chi connectivity index (χ1v) is 8.23. The molecule has 1 N–H and O–H groups in total. The molecule has 0 bridgehead atoms. The van der Waals surface area contributed by atoms with Crippen LogP contribution >= 0.6 is 0 Å². The summed E-state index contributed by atoms with van der Waals surface area (Å²) < 4.78 is 10.8. The van der Waals surface area contributed by atoms with Crippen molar-refractivity contribution in [3.05, 3.63) is 54.4 Å². The second-order valence-corrected chi connectivity index (χ2v) is 6.07. The van der Waals surface area contributed by atoms with Crippen molar-refractivity contribution in [1.82, 2.24) is 14.9 Å². The molecule has 2 aromatic carbocycles. The lowest BCUT2D eigenvalue weighted by atomic mass is 9.99. The first kappa shape index (κ1) is 15.5. The van der Waals surface area contributed by atoms with E-state index in [2.05, 4.69) is 9.97 Å². The Bertz CT molecular complexity index is 867. The molecule has 4 rings (SSSR count). The first-order valence-electron chi connectivity index (χ1n) is 8.23. The van der Waals surface area contributed by atoms with Gasteiger partial charge in [-0.3, -0.25) is 4.79 Å². The number of nitrogens with zero attached hydrogens (tertiary/aromatic N) is 2. The van der Waals surface area contributed by atoms with E-state index >= 15 is 0 Å². The summed E-state index contributed by atoms with van der Waals surface area (Å²) in [6, 6.07) is 15.3. The molecule has 6 heteroatoms. The van der Waals surface area contributed by atoms with Gasteiger partial charge < -0.3 is 19.4 Å². The summed E-state index contributed by atoms with van der Waals surface area (Å²) in [6.07, 6.45) is 0. The molecule has 1 saturated heterocycles. The zero-order chi connectivity index (χ0) is 17.2. The lowest BCUT2D eigenvalue weighted by Gasteiger charge is -2.38. The minimum atomic E-state index is -0.0294. The van der Waals surface area contributed by atoms with Gasteiger partial charge in [-0.05, 0) is 24.3 Å². The normalized spacial score (nSPS) is 14.4. The molecule has 0 spiro atoms. The molecule has 0 radical (unpaired) electrons. The van der Waals surface area contributed by atoms with E-state index in [1.165, 1.54) is 0 Å². The molecule has 2 heterocycles. The number of hydrogen-bond donors (Lipinski definition) is 1. The highest BCUT2D eigenvalue weighted by molar-refractivity contribution is 5.79. The maximum atomic E-state index is 12.3. The van der Waals surface area contributed by atoms with Crippen LogP contribution in [0.1, 0.15) is 11.7 Å². The summed E-state index contributed by atoms with van der Waals surface area (Å²) in [5.41, 5.74) is 1.99. The average Bonchev–Trinajstić information content (AvgIpc) is 3.02. The molecule has 0 atom stereocenters. The van der Waals surface area contributed by atoms with E-state index in [1.54, 1.807) is 24.1 Å². The molecule has 1 aliphatic heterocycles. The van der Waals surface area contributed by atoms with E-state index in [1.807, 2.05) is 36.4 Å². The van der Waals surface area contributed by atoms with Crippen LogP contribution < -0.4 is 9.47 Å². The first-order chi connectivity index (χ1) is 12.2. The fraction of sp³-hybridized carbons (Fsp3) is 0.263. The summed E-state index contributed by atoms with van der Waals surface area (Å²) in [5.74, 6) is 2.36. The molecule has 0 saturated carbocycles. The van der Waals surface area contributed by atoms with Gasteiger partial charge in [-0.1, -0.05) is 24.3 Å². The van der Waals surface area contributed by atoms with Gasteiger partial charge in [0.15, 0.2) is 18.1 Å². The molecule has 6 nitrogen and oxygen atoms in total. The third-order valence-corrected chi connectivity index (χ3v) is 4.45. The number of imidazole rings is 1. The zero-order valence-corrected chi connectivity index (χ0v) is 13.9. The number of aromatic amines is 1. The number of likely N-dealkylation sites (tertiary alicyclic amines) is 1. The Morgan fingerprint density at radius 2 is 1.88 bits per heavy atom. The zero-order valence-electron chi connectivity index (χ0n) is 13.9. The summed E-state index contributed by atoms with van der Waals surface area (Å²) in [6.45, 7) is 1.33. The number of carbonyl (C=O) groups excluding carboxylic acids is 1. The van der Waals surface area contributed by atoms with E-state index in [-0.39, 0.29) is 18.4 Å². The molecule has 0 aliphatic carbocycles. The van der Waals surface area contributed by atoms with Crippen LogP contribution in [0.2, 0.25) is 0 Å². The third kappa shape index (κ3) is 3.03. The molecular weight excluding hydrogens is 318 g/mol. The van der Waals surface area contributed by atoms with Gasteiger partial charge in [0.1, 0.15) is 5.82 Å². The van der Waals surface area contributed by atoms with Crippen LogP contribution in [0.15, 0.2) is 48.5 Å². The van der Waals surface area contributed by atoms with E-state index < -0.39 is 0 Å². The van der Waals surface area contributed by atoms with Crippen LogP contribution in [0, 0.1) is 0 Å². The summed E-state index contributed by atoms with van der Waals surface area (Å²) in [7, 11) is 1.58. The smallest absolute Gasteiger partial charge is 0.260 e. The van der Waals surface area contributed by atoms with Gasteiger partial charge in [0.05, 0.1) is 24.1 Å². The Balaban J connectivity index is 1.33. The predicted octanol–water partition coefficient (Wildman–Crippen LogP) is 2.58. The van der Waals surface area contributed by atoms with Crippen LogP contribution in [0.5, 0.6) is 11.5 Å². The maximum Gasteiger partial charge on any atom is 0.260 e. The van der Waals surface area contributed by atoms with Crippen LogP contribution in [-0.4, -0.2) is 47.6 Å². The Morgan fingerprint density at radius 1 is 1.16 bits per heavy atom. The van der Waals surface area contributed by atoms with Crippen molar-refractivity contribution in [2.75, 3.05) is 26.8 Å². The number of carbonyl (C=O) groups is 1. The van der Waals surface area contributed by atoms with Crippen LogP contribution in [0.4, 0.5) is 0 Å². The second-order valence-electron chi connectivity index (χ2n) is 6.07. The van der Waals surface area contributed by atoms with E-state index in [9.17, 15) is 4.79 Å². The highest BCUT2D eigenvalue weighted by Gasteiger charge is 2.33. The van der Waals surface area contributed by atoms with Crippen molar-refractivity contribution in [2.24, 2.45) is 0 Å². The van der Waals surface area contributed by atoms with Crippen molar-refractivity contribution in [1.29, 1.82) is 0 Å². The highest BCUT2D eigenvalue weighted by atomic mass is 16.5. The molecule has 128 valence electrons. The Labute approximate surface area is 145 Å². The molecule has 1 aromatic heterocycles. The van der Waals surface area contributed by atoms with Gasteiger partial charge in [0.2, 0.25) is 0 Å². The number of rotatable bonds is 5. The monoisotopic (exact) mass is 337 g/mol. The Morgan fingerprint density at radius 3 is 2.64 bits per heavy atom. The minimum absolute atomic E-state index is 0.00717. The number of amides is 1. The second kappa shape index (κ2) is 6.47. The maximum absolute atomic E-state index is 12.3. The number of benzene rings is 2. The minimum Gasteiger partial charge on any atom is -0.493 e. The van der Waals surface area contributed by atoms with Crippen molar-refractivity contribution in [2.45, 2.75) is 5.92 Å². The van der Waals surface area contributed by atoms with Crippen molar-refractivity contribution in [3.63, 3.8) is 0 Å². The lowest BCUT2D eigenvalue weighted by molar-refractivity contribution is -0.137. The van der Waals surface area contributed by atoms with Crippen molar-refractivity contribution >= 4 is 16.9 Å². The third-order valence-electron chi connectivity index (χ3n) is 4.45. The number of hydrogen-bond acceptors (Lipinski definition) is 4. The van der Waals surface area contributed by atoms with Crippen LogP contribution in [0.25, 0.3) is 11.0 Å². The van der Waals surface area contributed by atoms with Gasteiger partial charge in [-0.25, -0.2) is 4.98 Å². The summed E-state index contributed by atoms with van der Waals surface area (Å²) >= 11 is 0. The Kier molecular flexibility index (Phi) is 4.01. The number of ether oxygens (including phenoxy) is 2. The van der Waals surface area contributed by atoms with Crippen LogP contribution in [0.3, 0.4) is 0 Å². The fourth-order valence-corrected chi connectivity index (χ4v) is 2.99. The molecule has 1 fully saturated rings. The van der Waals surface area contributed by atoms with Crippen molar-refractivity contribution < 1.29 is 14.3 Å². The fourth-order valence-electron chi connectivity index (χ4n) is 2.99. The largest absolute Gasteiger partial charge is 0.493 e. The molecule has 25 heavy (non-hydrogen) atoms. The van der Waals surface area contributed by atoms with E-state index in [0.717, 1.165) is 16.9 Å². The topological polar surface area (TPSA) is 67.5 Å². The quantitative estimate of drug-likeness (QED) is 0.777. The molecule has 0 unspecified atom stereocenters. The number of para-hydroxylation sites is 4. The van der Waals surface area contributed by atoms with Gasteiger partial charge in [0.25, 0.3) is 5.91 Å². The number of aromatic nitrogens is 2. The lowest BCUT2D eigenvalue weighted by Crippen LogP contribution is -2.50. The average molecular weight is 337 g/mol. The number of methoxy groups -OCH3 is 1. The standard InChI is InChI=1S/C19H19N3O3/c1-24-16-8-4-5-9-17(16)25-12-18(23)22-10-13(11-22)19-20-14-6-2-3-7-15(14)21-19/h2-9,13H,10-12H2,1H3,(H,20,21). The van der Waals surface area contributed by atoms with Gasteiger partial charge in [-0.15, -0.1) is 0 Å². The number of fused-ring (bicyclic) bond motifs is 1. The van der Waals surface area contributed by atoms with E-state index in [0.29, 0.717) is 24.6 Å². The van der Waals surface area contributed by atoms with Gasteiger partial charge in [0, 0.05) is 13.1 Å². The molecule has 1 aliphatic rings. The highest BCUT2D eigenvalue weighted by Crippen LogP contribution is 2.28. The molecular formula is C19H19N3O3. The van der Waals surface area contributed by atoms with Crippen molar-refractivity contribution in [3.8, 4) is 11.5 Å². The summed E-state index contributed by atoms with van der Waals surface area (Å²) in [4.78, 5) is 22.0. The van der Waals surface area contributed by atoms with Gasteiger partial charge in [-0.2, -0.15) is 0 Å². The SMILES string of the molecule is COc1ccccc1OCC(=O)N1CC(c2nc3ccccc3[nH]2)C1. The van der Waals surface area contributed by atoms with E-state index in [4.69, 9.17) is 9.47 Å². The number of nitrogens with one attached hydrogen (secondary N) is 1. The summed E-state index contributed by atoms with van der Waals surface area (Å²) in [5, 5.41) is 0. The Hall–Kier alpha value is -3.02. The number of H-pyrrole nitrogens is 1. The molecule has 1 amide bonds. The van der Waals surface area contributed by atoms with Gasteiger partial charge >= 0.3 is 0 Å². The predicted molar refractivity (Wildman–Crippen MR) is 93.9 cm³/mol. The molecule has 3 aromatic rings. The van der Waals surface area contributed by atoms with Crippen LogP contribution in [-0.2, 0) is 4.79 Å².